The monoisotopic (exact) mass is 495 g/mol. The van der Waals surface area contributed by atoms with Crippen LogP contribution in [0.1, 0.15) is 24.1 Å². The second kappa shape index (κ2) is 9.55. The summed E-state index contributed by atoms with van der Waals surface area (Å²) in [5.74, 6) is 0.316. The smallest absolute Gasteiger partial charge is 0.338 e. The van der Waals surface area contributed by atoms with Crippen LogP contribution in [0.15, 0.2) is 63.5 Å². The minimum atomic E-state index is -0.828. The Kier molecular flexibility index (Phi) is 6.52. The van der Waals surface area contributed by atoms with E-state index in [0.29, 0.717) is 37.7 Å². The van der Waals surface area contributed by atoms with Crippen molar-refractivity contribution in [2.45, 2.75) is 13.0 Å². The van der Waals surface area contributed by atoms with Gasteiger partial charge in [-0.3, -0.25) is 19.5 Å². The summed E-state index contributed by atoms with van der Waals surface area (Å²) in [5, 5.41) is 11.1. The van der Waals surface area contributed by atoms with Crippen molar-refractivity contribution in [2.24, 2.45) is 4.99 Å². The summed E-state index contributed by atoms with van der Waals surface area (Å²) in [6.45, 7) is 1.68. The Balaban J connectivity index is 1.97. The number of non-ortho nitro benzene ring substituents is 1. The molecule has 1 aliphatic heterocycles. The van der Waals surface area contributed by atoms with Crippen LogP contribution in [0.4, 0.5) is 5.69 Å². The molecule has 11 heteroatoms. The highest BCUT2D eigenvalue weighted by Crippen LogP contribution is 2.35. The zero-order chi connectivity index (χ0) is 25.3. The molecule has 0 spiro atoms. The van der Waals surface area contributed by atoms with Crippen molar-refractivity contribution < 1.29 is 23.9 Å². The van der Waals surface area contributed by atoms with Crippen LogP contribution in [0.25, 0.3) is 6.08 Å². The van der Waals surface area contributed by atoms with Crippen LogP contribution in [0.5, 0.6) is 11.5 Å². The van der Waals surface area contributed by atoms with Crippen molar-refractivity contribution in [3.8, 4) is 11.5 Å². The fourth-order valence-corrected chi connectivity index (χ4v) is 4.96. The molecule has 2 heterocycles. The van der Waals surface area contributed by atoms with E-state index in [-0.39, 0.29) is 11.3 Å². The van der Waals surface area contributed by atoms with Gasteiger partial charge in [-0.1, -0.05) is 29.5 Å². The third-order valence-electron chi connectivity index (χ3n) is 5.53. The maximum Gasteiger partial charge on any atom is 0.338 e. The molecule has 35 heavy (non-hydrogen) atoms. The van der Waals surface area contributed by atoms with Gasteiger partial charge in [-0.05, 0) is 36.3 Å². The van der Waals surface area contributed by atoms with Gasteiger partial charge < -0.3 is 14.2 Å². The Hall–Kier alpha value is -4.25. The number of carbonyl (C=O) groups excluding carboxylic acids is 1. The SMILES string of the molecule is COC(=O)C1=C(C)N=c2s/c(=C\c3cccc([N+](=O)[O-])c3)c(=O)n2[C@H]1c1ccc(OC)c(OC)c1. The summed E-state index contributed by atoms with van der Waals surface area (Å²) in [6.07, 6.45) is 1.57. The molecule has 1 aromatic heterocycles. The topological polar surface area (TPSA) is 122 Å². The van der Waals surface area contributed by atoms with Crippen LogP contribution in [0.2, 0.25) is 0 Å². The number of allylic oxidation sites excluding steroid dienone is 1. The molecular weight excluding hydrogens is 474 g/mol. The molecular formula is C24H21N3O7S. The summed E-state index contributed by atoms with van der Waals surface area (Å²) < 4.78 is 17.5. The molecule has 1 atom stereocenters. The van der Waals surface area contributed by atoms with Crippen molar-refractivity contribution >= 4 is 29.1 Å². The number of rotatable bonds is 6. The fourth-order valence-electron chi connectivity index (χ4n) is 3.91. The maximum atomic E-state index is 13.6. The van der Waals surface area contributed by atoms with Crippen molar-refractivity contribution in [3.63, 3.8) is 0 Å². The number of nitrogens with zero attached hydrogens (tertiary/aromatic N) is 3. The first kappa shape index (κ1) is 23.9. The Morgan fingerprint density at radius 2 is 1.89 bits per heavy atom. The first-order chi connectivity index (χ1) is 16.8. The molecule has 3 aromatic rings. The number of esters is 1. The van der Waals surface area contributed by atoms with Crippen LogP contribution in [0.3, 0.4) is 0 Å². The largest absolute Gasteiger partial charge is 0.493 e. The summed E-state index contributed by atoms with van der Waals surface area (Å²) in [7, 11) is 4.27. The molecule has 0 fully saturated rings. The zero-order valence-corrected chi connectivity index (χ0v) is 20.1. The Bertz CT molecular complexity index is 1550. The van der Waals surface area contributed by atoms with Gasteiger partial charge in [0.2, 0.25) is 0 Å². The van der Waals surface area contributed by atoms with E-state index in [1.54, 1.807) is 43.3 Å². The number of nitro groups is 1. The lowest BCUT2D eigenvalue weighted by Gasteiger charge is -2.25. The van der Waals surface area contributed by atoms with Gasteiger partial charge in [0.15, 0.2) is 16.3 Å². The average molecular weight is 496 g/mol. The minimum absolute atomic E-state index is 0.0847. The summed E-state index contributed by atoms with van der Waals surface area (Å²) >= 11 is 1.13. The number of ether oxygens (including phenoxy) is 3. The normalized spacial score (nSPS) is 15.3. The first-order valence-electron chi connectivity index (χ1n) is 10.4. The van der Waals surface area contributed by atoms with E-state index in [2.05, 4.69) is 4.99 Å². The third-order valence-corrected chi connectivity index (χ3v) is 6.51. The molecule has 180 valence electrons. The Morgan fingerprint density at radius 3 is 2.54 bits per heavy atom. The van der Waals surface area contributed by atoms with Crippen LogP contribution in [-0.2, 0) is 9.53 Å². The van der Waals surface area contributed by atoms with Crippen molar-refractivity contribution in [1.29, 1.82) is 0 Å². The van der Waals surface area contributed by atoms with Gasteiger partial charge in [-0.2, -0.15) is 0 Å². The molecule has 0 amide bonds. The lowest BCUT2D eigenvalue weighted by molar-refractivity contribution is -0.384. The van der Waals surface area contributed by atoms with Crippen molar-refractivity contribution in [1.82, 2.24) is 4.57 Å². The Labute approximate surface area is 203 Å². The van der Waals surface area contributed by atoms with E-state index in [1.165, 1.54) is 38.0 Å². The fraction of sp³-hybridized carbons (Fsp3) is 0.208. The van der Waals surface area contributed by atoms with Crippen molar-refractivity contribution in [3.05, 3.63) is 94.7 Å². The highest BCUT2D eigenvalue weighted by atomic mass is 32.1. The van der Waals surface area contributed by atoms with Crippen LogP contribution in [0, 0.1) is 10.1 Å². The van der Waals surface area contributed by atoms with E-state index in [0.717, 1.165) is 11.3 Å². The van der Waals surface area contributed by atoms with Gasteiger partial charge in [0, 0.05) is 12.1 Å². The first-order valence-corrected chi connectivity index (χ1v) is 11.2. The molecule has 0 unspecified atom stereocenters. The molecule has 0 N–H and O–H groups in total. The Morgan fingerprint density at radius 1 is 1.14 bits per heavy atom. The molecule has 0 bridgehead atoms. The molecule has 10 nitrogen and oxygen atoms in total. The minimum Gasteiger partial charge on any atom is -0.493 e. The maximum absolute atomic E-state index is 13.6. The summed E-state index contributed by atoms with van der Waals surface area (Å²) in [6, 6.07) is 10.3. The van der Waals surface area contributed by atoms with E-state index in [1.807, 2.05) is 0 Å². The summed E-state index contributed by atoms with van der Waals surface area (Å²) in [5.41, 5.74) is 1.25. The second-order valence-electron chi connectivity index (χ2n) is 7.54. The number of carbonyl (C=O) groups is 1. The second-order valence-corrected chi connectivity index (χ2v) is 8.55. The molecule has 0 radical (unpaired) electrons. The van der Waals surface area contributed by atoms with Gasteiger partial charge in [0.05, 0.1) is 48.1 Å². The molecule has 2 aromatic carbocycles. The van der Waals surface area contributed by atoms with E-state index >= 15 is 0 Å². The number of hydrogen-bond acceptors (Lipinski definition) is 9. The predicted molar refractivity (Wildman–Crippen MR) is 128 cm³/mol. The lowest BCUT2D eigenvalue weighted by atomic mass is 9.95. The number of methoxy groups -OCH3 is 3. The number of nitro benzene ring substituents is 1. The van der Waals surface area contributed by atoms with Gasteiger partial charge >= 0.3 is 5.97 Å². The zero-order valence-electron chi connectivity index (χ0n) is 19.3. The molecule has 1 aliphatic rings. The van der Waals surface area contributed by atoms with E-state index in [9.17, 15) is 19.7 Å². The highest BCUT2D eigenvalue weighted by molar-refractivity contribution is 7.07. The summed E-state index contributed by atoms with van der Waals surface area (Å²) in [4.78, 5) is 41.9. The molecule has 0 saturated carbocycles. The van der Waals surface area contributed by atoms with Gasteiger partial charge in [0.1, 0.15) is 0 Å². The van der Waals surface area contributed by atoms with E-state index in [4.69, 9.17) is 14.2 Å². The van der Waals surface area contributed by atoms with Crippen LogP contribution < -0.4 is 24.4 Å². The molecule has 4 rings (SSSR count). The number of thiazole rings is 1. The van der Waals surface area contributed by atoms with Gasteiger partial charge in [-0.25, -0.2) is 9.79 Å². The highest BCUT2D eigenvalue weighted by Gasteiger charge is 2.33. The number of hydrogen-bond donors (Lipinski definition) is 0. The van der Waals surface area contributed by atoms with Gasteiger partial charge in [-0.15, -0.1) is 0 Å². The quantitative estimate of drug-likeness (QED) is 0.292. The lowest BCUT2D eigenvalue weighted by Crippen LogP contribution is -2.39. The van der Waals surface area contributed by atoms with Gasteiger partial charge in [0.25, 0.3) is 11.2 Å². The van der Waals surface area contributed by atoms with Crippen molar-refractivity contribution in [2.75, 3.05) is 21.3 Å². The van der Waals surface area contributed by atoms with Crippen LogP contribution in [-0.4, -0.2) is 36.8 Å². The average Bonchev–Trinajstić information content (AvgIpc) is 3.16. The number of aromatic nitrogens is 1. The molecule has 0 saturated heterocycles. The number of benzene rings is 2. The number of fused-ring (bicyclic) bond motifs is 1. The standard InChI is InChI=1S/C24H21N3O7S/c1-13-20(23(29)34-4)21(15-8-9-17(32-2)18(12-15)33-3)26-22(28)19(35-24(26)25-13)11-14-6-5-7-16(10-14)27(30)31/h5-12,21H,1-4H3/b19-11-/t21-/m0/s1. The molecule has 0 aliphatic carbocycles. The third kappa shape index (κ3) is 4.33. The van der Waals surface area contributed by atoms with E-state index < -0.39 is 22.5 Å². The van der Waals surface area contributed by atoms with Crippen LogP contribution >= 0.6 is 11.3 Å². The predicted octanol–water partition coefficient (Wildman–Crippen LogP) is 2.33.